The van der Waals surface area contributed by atoms with Crippen LogP contribution in [0.1, 0.15) is 47.7 Å². The molecule has 1 unspecified atom stereocenters. The molecule has 0 radical (unpaired) electrons. The fourth-order valence-corrected chi connectivity index (χ4v) is 7.70. The topological polar surface area (TPSA) is 87.7 Å². The molecule has 0 bridgehead atoms. The van der Waals surface area contributed by atoms with E-state index >= 15 is 0 Å². The minimum atomic E-state index is -3.70. The molecule has 1 fully saturated rings. The van der Waals surface area contributed by atoms with Crippen molar-refractivity contribution in [1.82, 2.24) is 14.9 Å². The van der Waals surface area contributed by atoms with Crippen LogP contribution in [0.15, 0.2) is 77.0 Å². The van der Waals surface area contributed by atoms with Crippen LogP contribution in [0.2, 0.25) is 0 Å². The SMILES string of the molecule is CN(C)C(c1cccs1)C1CCC(NC(=O)COCCNS(=O)(=O)c2ccccc2Cc2ccccc2)CC1. The summed E-state index contributed by atoms with van der Waals surface area (Å²) in [6.45, 7) is 0.127. The normalized spacial score (nSPS) is 18.6. The van der Waals surface area contributed by atoms with Crippen molar-refractivity contribution < 1.29 is 17.9 Å². The first-order valence-electron chi connectivity index (χ1n) is 13.5. The minimum absolute atomic E-state index is 0.0816. The number of rotatable bonds is 13. The third-order valence-corrected chi connectivity index (χ3v) is 9.75. The summed E-state index contributed by atoms with van der Waals surface area (Å²) < 4.78 is 34.0. The Hall–Kier alpha value is -2.56. The van der Waals surface area contributed by atoms with Gasteiger partial charge in [-0.3, -0.25) is 4.79 Å². The molecule has 3 aromatic rings. The summed E-state index contributed by atoms with van der Waals surface area (Å²) in [5.41, 5.74) is 1.78. The largest absolute Gasteiger partial charge is 0.370 e. The van der Waals surface area contributed by atoms with E-state index < -0.39 is 10.0 Å². The van der Waals surface area contributed by atoms with Crippen LogP contribution in [-0.4, -0.2) is 59.1 Å². The van der Waals surface area contributed by atoms with E-state index in [0.717, 1.165) is 36.8 Å². The summed E-state index contributed by atoms with van der Waals surface area (Å²) in [6, 6.07) is 21.7. The Morgan fingerprint density at radius 3 is 2.41 bits per heavy atom. The van der Waals surface area contributed by atoms with E-state index in [-0.39, 0.29) is 36.6 Å². The second-order valence-corrected chi connectivity index (χ2v) is 13.0. The first-order chi connectivity index (χ1) is 18.8. The molecule has 0 aliphatic heterocycles. The van der Waals surface area contributed by atoms with Gasteiger partial charge in [0.25, 0.3) is 0 Å². The van der Waals surface area contributed by atoms with Crippen molar-refractivity contribution in [3.63, 3.8) is 0 Å². The molecule has 1 atom stereocenters. The maximum Gasteiger partial charge on any atom is 0.246 e. The molecule has 1 aliphatic rings. The first kappa shape index (κ1) is 29.4. The van der Waals surface area contributed by atoms with E-state index in [1.807, 2.05) is 53.8 Å². The molecule has 1 saturated carbocycles. The lowest BCUT2D eigenvalue weighted by molar-refractivity contribution is -0.126. The van der Waals surface area contributed by atoms with E-state index in [4.69, 9.17) is 4.74 Å². The van der Waals surface area contributed by atoms with Gasteiger partial charge in [-0.2, -0.15) is 0 Å². The van der Waals surface area contributed by atoms with Crippen LogP contribution in [0, 0.1) is 5.92 Å². The Morgan fingerprint density at radius 1 is 1.00 bits per heavy atom. The molecule has 4 rings (SSSR count). The third kappa shape index (κ3) is 8.46. The van der Waals surface area contributed by atoms with Gasteiger partial charge < -0.3 is 15.0 Å². The lowest BCUT2D eigenvalue weighted by Gasteiger charge is -2.37. The van der Waals surface area contributed by atoms with Crippen molar-refractivity contribution in [2.45, 2.75) is 49.1 Å². The maximum atomic E-state index is 12.9. The van der Waals surface area contributed by atoms with E-state index in [2.05, 4.69) is 46.5 Å². The number of sulfonamides is 1. The number of benzene rings is 2. The number of hydrogen-bond acceptors (Lipinski definition) is 6. The summed E-state index contributed by atoms with van der Waals surface area (Å²) in [7, 11) is 0.574. The lowest BCUT2D eigenvalue weighted by atomic mass is 9.80. The van der Waals surface area contributed by atoms with E-state index in [9.17, 15) is 13.2 Å². The molecule has 210 valence electrons. The van der Waals surface area contributed by atoms with Crippen molar-refractivity contribution in [2.24, 2.45) is 5.92 Å². The van der Waals surface area contributed by atoms with Crippen LogP contribution < -0.4 is 10.0 Å². The highest BCUT2D eigenvalue weighted by molar-refractivity contribution is 7.89. The van der Waals surface area contributed by atoms with Gasteiger partial charge in [-0.1, -0.05) is 54.6 Å². The Balaban J connectivity index is 1.17. The fraction of sp³-hybridized carbons (Fsp3) is 0.433. The van der Waals surface area contributed by atoms with Crippen molar-refractivity contribution in [2.75, 3.05) is 33.9 Å². The van der Waals surface area contributed by atoms with Crippen LogP contribution >= 0.6 is 11.3 Å². The van der Waals surface area contributed by atoms with Gasteiger partial charge in [0, 0.05) is 23.5 Å². The molecule has 2 N–H and O–H groups in total. The predicted octanol–water partition coefficient (Wildman–Crippen LogP) is 4.61. The van der Waals surface area contributed by atoms with Gasteiger partial charge in [0.15, 0.2) is 0 Å². The predicted molar refractivity (Wildman–Crippen MR) is 156 cm³/mol. The Morgan fingerprint density at radius 2 is 1.72 bits per heavy atom. The second kappa shape index (κ2) is 14.2. The highest BCUT2D eigenvalue weighted by Crippen LogP contribution is 2.39. The Kier molecular flexibility index (Phi) is 10.7. The number of carbonyl (C=O) groups excluding carboxylic acids is 1. The molecule has 1 amide bonds. The molecule has 7 nitrogen and oxygen atoms in total. The van der Waals surface area contributed by atoms with Gasteiger partial charge in [0.05, 0.1) is 11.5 Å². The number of amides is 1. The van der Waals surface area contributed by atoms with Crippen LogP contribution in [-0.2, 0) is 26.0 Å². The van der Waals surface area contributed by atoms with E-state index in [1.54, 1.807) is 12.1 Å². The van der Waals surface area contributed by atoms with Gasteiger partial charge in [0.2, 0.25) is 15.9 Å². The average Bonchev–Trinajstić information content (AvgIpc) is 3.44. The number of carbonyl (C=O) groups is 1. The van der Waals surface area contributed by atoms with E-state index in [1.165, 1.54) is 4.88 Å². The molecular weight excluding hydrogens is 530 g/mol. The molecule has 39 heavy (non-hydrogen) atoms. The second-order valence-electron chi connectivity index (χ2n) is 10.3. The zero-order valence-corrected chi connectivity index (χ0v) is 24.3. The van der Waals surface area contributed by atoms with E-state index in [0.29, 0.717) is 18.4 Å². The van der Waals surface area contributed by atoms with Crippen molar-refractivity contribution >= 4 is 27.3 Å². The van der Waals surface area contributed by atoms with Crippen molar-refractivity contribution in [3.05, 3.63) is 88.1 Å². The summed E-state index contributed by atoms with van der Waals surface area (Å²) in [5.74, 6) is 0.422. The van der Waals surface area contributed by atoms with Gasteiger partial charge in [-0.15, -0.1) is 11.3 Å². The highest BCUT2D eigenvalue weighted by atomic mass is 32.2. The summed E-state index contributed by atoms with van der Waals surface area (Å²) in [4.78, 5) is 16.4. The zero-order valence-electron chi connectivity index (χ0n) is 22.7. The van der Waals surface area contributed by atoms with Gasteiger partial charge in [-0.05, 0) is 80.8 Å². The zero-order chi connectivity index (χ0) is 27.7. The third-order valence-electron chi connectivity index (χ3n) is 7.25. The maximum absolute atomic E-state index is 12.9. The van der Waals surface area contributed by atoms with Gasteiger partial charge in [0.1, 0.15) is 6.61 Å². The summed E-state index contributed by atoms with van der Waals surface area (Å²) in [5, 5.41) is 5.22. The van der Waals surface area contributed by atoms with Crippen LogP contribution in [0.25, 0.3) is 0 Å². The van der Waals surface area contributed by atoms with Crippen molar-refractivity contribution in [1.29, 1.82) is 0 Å². The van der Waals surface area contributed by atoms with Crippen molar-refractivity contribution in [3.8, 4) is 0 Å². The lowest BCUT2D eigenvalue weighted by Crippen LogP contribution is -2.41. The van der Waals surface area contributed by atoms with Crippen LogP contribution in [0.3, 0.4) is 0 Å². The quantitative estimate of drug-likeness (QED) is 0.294. The van der Waals surface area contributed by atoms with Crippen LogP contribution in [0.4, 0.5) is 0 Å². The molecule has 0 spiro atoms. The molecule has 1 aliphatic carbocycles. The summed E-state index contributed by atoms with van der Waals surface area (Å²) in [6.07, 6.45) is 4.57. The summed E-state index contributed by atoms with van der Waals surface area (Å²) >= 11 is 1.81. The Labute approximate surface area is 236 Å². The first-order valence-corrected chi connectivity index (χ1v) is 15.9. The highest BCUT2D eigenvalue weighted by Gasteiger charge is 2.31. The number of hydrogen-bond donors (Lipinski definition) is 2. The molecule has 2 aromatic carbocycles. The number of nitrogens with zero attached hydrogens (tertiary/aromatic N) is 1. The standard InChI is InChI=1S/C30H39N3O4S2/c1-33(2)30(27-12-8-20-38-27)24-14-16-26(17-15-24)32-29(34)22-37-19-18-31-39(35,36)28-13-7-6-11-25(28)21-23-9-4-3-5-10-23/h3-13,20,24,26,30-31H,14-19,21-22H2,1-2H3,(H,32,34). The molecule has 1 aromatic heterocycles. The Bertz CT molecular complexity index is 1270. The van der Waals surface area contributed by atoms with Crippen LogP contribution in [0.5, 0.6) is 0 Å². The minimum Gasteiger partial charge on any atom is -0.370 e. The number of ether oxygens (including phenoxy) is 1. The molecule has 1 heterocycles. The number of nitrogens with one attached hydrogen (secondary N) is 2. The van der Waals surface area contributed by atoms with Gasteiger partial charge in [-0.25, -0.2) is 13.1 Å². The van der Waals surface area contributed by atoms with Gasteiger partial charge >= 0.3 is 0 Å². The monoisotopic (exact) mass is 569 g/mol. The molecule has 9 heteroatoms. The molecule has 0 saturated heterocycles. The number of thiophene rings is 1. The smallest absolute Gasteiger partial charge is 0.246 e. The fourth-order valence-electron chi connectivity index (χ4n) is 5.44. The molecular formula is C30H39N3O4S2. The average molecular weight is 570 g/mol.